The van der Waals surface area contributed by atoms with Crippen LogP contribution in [0.1, 0.15) is 30.0 Å². The summed E-state index contributed by atoms with van der Waals surface area (Å²) in [7, 11) is -1.89. The van der Waals surface area contributed by atoms with E-state index >= 15 is 0 Å². The minimum atomic E-state index is -1.89. The van der Waals surface area contributed by atoms with E-state index in [0.717, 1.165) is 42.1 Å². The third-order valence-electron chi connectivity index (χ3n) is 7.82. The molecule has 0 saturated heterocycles. The SMILES string of the molecule is C=CCc1ccc(C)c(-c2cc(CCC[P+](c3ccccc3)(c3ccccc3)c3ccccc3)ccc2OC(C)=O)c1. The van der Waals surface area contributed by atoms with E-state index in [1.165, 1.54) is 34.0 Å². The molecule has 3 heteroatoms. The van der Waals surface area contributed by atoms with Crippen LogP contribution in [0.4, 0.5) is 0 Å². The molecule has 5 aromatic rings. The molecule has 0 saturated carbocycles. The number of allylic oxidation sites excluding steroid dienone is 1. The summed E-state index contributed by atoms with van der Waals surface area (Å²) >= 11 is 0. The molecule has 0 radical (unpaired) electrons. The predicted molar refractivity (Wildman–Crippen MR) is 180 cm³/mol. The average Bonchev–Trinajstić information content (AvgIpc) is 3.02. The second-order valence-electron chi connectivity index (χ2n) is 10.7. The van der Waals surface area contributed by atoms with Crippen molar-refractivity contribution in [1.82, 2.24) is 0 Å². The van der Waals surface area contributed by atoms with E-state index in [1.54, 1.807) is 0 Å². The van der Waals surface area contributed by atoms with Gasteiger partial charge in [0.2, 0.25) is 0 Å². The van der Waals surface area contributed by atoms with Crippen molar-refractivity contribution in [1.29, 1.82) is 0 Å². The lowest BCUT2D eigenvalue weighted by Crippen LogP contribution is -2.33. The van der Waals surface area contributed by atoms with E-state index in [9.17, 15) is 4.79 Å². The third-order valence-corrected chi connectivity index (χ3v) is 12.3. The maximum Gasteiger partial charge on any atom is 0.308 e. The molecule has 0 spiro atoms. The van der Waals surface area contributed by atoms with E-state index in [2.05, 4.69) is 135 Å². The Morgan fingerprint density at radius 1 is 0.714 bits per heavy atom. The van der Waals surface area contributed by atoms with E-state index in [4.69, 9.17) is 4.74 Å². The van der Waals surface area contributed by atoms with Crippen molar-refractivity contribution in [2.24, 2.45) is 0 Å². The molecule has 0 aliphatic heterocycles. The quantitative estimate of drug-likeness (QED) is 0.0693. The van der Waals surface area contributed by atoms with Gasteiger partial charge in [-0.1, -0.05) is 84.9 Å². The van der Waals surface area contributed by atoms with Gasteiger partial charge in [0.1, 0.15) is 28.9 Å². The van der Waals surface area contributed by atoms with Crippen molar-refractivity contribution in [3.8, 4) is 16.9 Å². The van der Waals surface area contributed by atoms with E-state index < -0.39 is 7.26 Å². The highest BCUT2D eigenvalue weighted by Gasteiger charge is 2.44. The Labute approximate surface area is 251 Å². The van der Waals surface area contributed by atoms with Gasteiger partial charge in [-0.25, -0.2) is 0 Å². The number of ether oxygens (including phenoxy) is 1. The summed E-state index contributed by atoms with van der Waals surface area (Å²) in [6.07, 6.45) is 5.71. The topological polar surface area (TPSA) is 26.3 Å². The van der Waals surface area contributed by atoms with Crippen molar-refractivity contribution < 1.29 is 9.53 Å². The fourth-order valence-corrected chi connectivity index (χ4v) is 10.2. The van der Waals surface area contributed by atoms with Crippen LogP contribution in [0.5, 0.6) is 5.75 Å². The summed E-state index contributed by atoms with van der Waals surface area (Å²) in [5.41, 5.74) is 5.62. The van der Waals surface area contributed by atoms with Crippen LogP contribution in [0, 0.1) is 6.92 Å². The van der Waals surface area contributed by atoms with Crippen molar-refractivity contribution in [3.05, 3.63) is 157 Å². The van der Waals surface area contributed by atoms with Crippen LogP contribution in [-0.4, -0.2) is 12.1 Å². The van der Waals surface area contributed by atoms with Crippen LogP contribution in [0.3, 0.4) is 0 Å². The van der Waals surface area contributed by atoms with Gasteiger partial charge in [0, 0.05) is 12.5 Å². The lowest BCUT2D eigenvalue weighted by molar-refractivity contribution is -0.131. The highest BCUT2D eigenvalue weighted by molar-refractivity contribution is 7.95. The van der Waals surface area contributed by atoms with E-state index in [1.807, 2.05) is 12.1 Å². The molecule has 0 bridgehead atoms. The van der Waals surface area contributed by atoms with Gasteiger partial charge >= 0.3 is 5.97 Å². The highest BCUT2D eigenvalue weighted by atomic mass is 31.2. The minimum Gasteiger partial charge on any atom is -0.426 e. The van der Waals surface area contributed by atoms with Crippen molar-refractivity contribution >= 4 is 29.1 Å². The van der Waals surface area contributed by atoms with Gasteiger partial charge in [-0.05, 0) is 97.0 Å². The molecule has 0 N–H and O–H groups in total. The first-order valence-corrected chi connectivity index (χ1v) is 16.6. The molecular formula is C39H38O2P+. The Morgan fingerprint density at radius 3 is 1.76 bits per heavy atom. The fourth-order valence-electron chi connectivity index (χ4n) is 5.84. The molecule has 0 unspecified atom stereocenters. The molecule has 210 valence electrons. The molecule has 0 aromatic heterocycles. The van der Waals surface area contributed by atoms with Crippen molar-refractivity contribution in [2.45, 2.75) is 33.1 Å². The fraction of sp³-hybridized carbons (Fsp3) is 0.154. The summed E-state index contributed by atoms with van der Waals surface area (Å²) in [5.74, 6) is 0.289. The Kier molecular flexibility index (Phi) is 9.47. The van der Waals surface area contributed by atoms with Gasteiger partial charge in [-0.15, -0.1) is 6.58 Å². The van der Waals surface area contributed by atoms with Crippen LogP contribution in [0.2, 0.25) is 0 Å². The molecule has 42 heavy (non-hydrogen) atoms. The standard InChI is InChI=1S/C39H38O2P/c1-4-15-32-24-23-30(2)37(28-32)38-29-33(25-26-39(38)41-31(3)40)16-14-27-42(34-17-8-5-9-18-34,35-19-10-6-11-20-35)36-21-12-7-13-22-36/h4-13,17-26,28-29H,1,14-16,27H2,2-3H3/q+1. The number of hydrogen-bond donors (Lipinski definition) is 0. The number of esters is 1. The lowest BCUT2D eigenvalue weighted by Gasteiger charge is -2.27. The molecule has 0 fully saturated rings. The number of benzene rings is 5. The molecule has 0 amide bonds. The zero-order valence-corrected chi connectivity index (χ0v) is 25.4. The normalized spacial score (nSPS) is 11.2. The Bertz CT molecular complexity index is 1550. The van der Waals surface area contributed by atoms with Crippen LogP contribution in [0.15, 0.2) is 140 Å². The number of aryl methyl sites for hydroxylation is 2. The number of carbonyl (C=O) groups is 1. The van der Waals surface area contributed by atoms with Gasteiger partial charge in [0.05, 0.1) is 6.16 Å². The van der Waals surface area contributed by atoms with Crippen molar-refractivity contribution in [2.75, 3.05) is 6.16 Å². The maximum atomic E-state index is 12.0. The second-order valence-corrected chi connectivity index (χ2v) is 14.3. The first kappa shape index (κ1) is 29.2. The molecule has 5 rings (SSSR count). The molecule has 0 aliphatic carbocycles. The molecule has 0 atom stereocenters. The number of hydrogen-bond acceptors (Lipinski definition) is 2. The summed E-state index contributed by atoms with van der Waals surface area (Å²) in [6, 6.07) is 45.9. The third kappa shape index (κ3) is 6.46. The Morgan fingerprint density at radius 2 is 1.24 bits per heavy atom. The van der Waals surface area contributed by atoms with Gasteiger partial charge in [-0.2, -0.15) is 0 Å². The Balaban J connectivity index is 1.52. The van der Waals surface area contributed by atoms with Gasteiger partial charge in [0.25, 0.3) is 0 Å². The maximum absolute atomic E-state index is 12.0. The largest absolute Gasteiger partial charge is 0.426 e. The van der Waals surface area contributed by atoms with Gasteiger partial charge in [-0.3, -0.25) is 4.79 Å². The van der Waals surface area contributed by atoms with Crippen LogP contribution in [-0.2, 0) is 17.6 Å². The molecular weight excluding hydrogens is 531 g/mol. The monoisotopic (exact) mass is 569 g/mol. The molecule has 5 aromatic carbocycles. The molecule has 0 aliphatic rings. The van der Waals surface area contributed by atoms with Crippen LogP contribution in [0.25, 0.3) is 11.1 Å². The first-order chi connectivity index (χ1) is 20.5. The highest BCUT2D eigenvalue weighted by Crippen LogP contribution is 2.56. The van der Waals surface area contributed by atoms with Gasteiger partial charge < -0.3 is 4.74 Å². The molecule has 0 heterocycles. The zero-order chi connectivity index (χ0) is 29.4. The summed E-state index contributed by atoms with van der Waals surface area (Å²) in [4.78, 5) is 12.0. The van der Waals surface area contributed by atoms with Gasteiger partial charge in [0.15, 0.2) is 0 Å². The second kappa shape index (κ2) is 13.6. The summed E-state index contributed by atoms with van der Waals surface area (Å²) in [5, 5.41) is 4.22. The minimum absolute atomic E-state index is 0.313. The van der Waals surface area contributed by atoms with Crippen molar-refractivity contribution in [3.63, 3.8) is 0 Å². The van der Waals surface area contributed by atoms with E-state index in [0.29, 0.717) is 5.75 Å². The summed E-state index contributed by atoms with van der Waals surface area (Å²) in [6.45, 7) is 7.47. The number of carbonyl (C=O) groups excluding carboxylic acids is 1. The average molecular weight is 570 g/mol. The zero-order valence-electron chi connectivity index (χ0n) is 24.5. The molecule has 2 nitrogen and oxygen atoms in total. The Hall–Kier alpha value is -4.26. The van der Waals surface area contributed by atoms with Crippen LogP contribution < -0.4 is 20.7 Å². The van der Waals surface area contributed by atoms with E-state index in [-0.39, 0.29) is 5.97 Å². The lowest BCUT2D eigenvalue weighted by atomic mass is 9.94. The summed E-state index contributed by atoms with van der Waals surface area (Å²) < 4.78 is 5.69. The number of rotatable bonds is 11. The predicted octanol–water partition coefficient (Wildman–Crippen LogP) is 8.24. The van der Waals surface area contributed by atoms with Crippen LogP contribution >= 0.6 is 7.26 Å². The smallest absolute Gasteiger partial charge is 0.308 e. The first-order valence-electron chi connectivity index (χ1n) is 14.6.